The van der Waals surface area contributed by atoms with Gasteiger partial charge in [0.15, 0.2) is 18.2 Å². The maximum Gasteiger partial charge on any atom is 0.416 e. The third kappa shape index (κ3) is 2.56. The highest BCUT2D eigenvalue weighted by Gasteiger charge is 2.33. The van der Waals surface area contributed by atoms with E-state index >= 15 is 0 Å². The Balaban J connectivity index is 2.63. The molecule has 0 aliphatic rings. The Labute approximate surface area is 119 Å². The number of aldehydes is 1. The van der Waals surface area contributed by atoms with E-state index in [1.54, 1.807) is 0 Å². The molecule has 0 spiro atoms. The molecule has 1 heterocycles. The summed E-state index contributed by atoms with van der Waals surface area (Å²) in [5.74, 6) is 0. The van der Waals surface area contributed by atoms with Gasteiger partial charge < -0.3 is 5.21 Å². The summed E-state index contributed by atoms with van der Waals surface area (Å²) in [4.78, 5) is 11.2. The standard InChI is InChI=1S/C10H4Cl2F3N3O2/c11-7-1-5(10(13,14)15)2-8(12)9(7)18-16-6(4-19)3-17(18)20/h1-4H. The number of nitrogens with zero attached hydrogens (tertiary/aromatic N) is 3. The van der Waals surface area contributed by atoms with Gasteiger partial charge in [-0.25, -0.2) is 0 Å². The lowest BCUT2D eigenvalue weighted by atomic mass is 10.2. The van der Waals surface area contributed by atoms with Crippen LogP contribution < -0.4 is 4.85 Å². The van der Waals surface area contributed by atoms with Crippen LogP contribution in [-0.4, -0.2) is 16.2 Å². The quantitative estimate of drug-likeness (QED) is 0.484. The second kappa shape index (κ2) is 4.95. The summed E-state index contributed by atoms with van der Waals surface area (Å²) in [6.45, 7) is 0. The van der Waals surface area contributed by atoms with Gasteiger partial charge in [0.2, 0.25) is 0 Å². The number of aromatic nitrogens is 3. The van der Waals surface area contributed by atoms with E-state index < -0.39 is 21.8 Å². The molecule has 1 aromatic heterocycles. The zero-order chi connectivity index (χ0) is 15.1. The highest BCUT2D eigenvalue weighted by Crippen LogP contribution is 2.36. The van der Waals surface area contributed by atoms with Gasteiger partial charge in [0, 0.05) is 0 Å². The molecule has 0 atom stereocenters. The lowest BCUT2D eigenvalue weighted by Crippen LogP contribution is -2.36. The third-order valence-corrected chi connectivity index (χ3v) is 2.88. The summed E-state index contributed by atoms with van der Waals surface area (Å²) in [6, 6.07) is 1.23. The van der Waals surface area contributed by atoms with E-state index in [-0.39, 0.29) is 16.2 Å². The molecule has 1 aromatic carbocycles. The molecule has 0 amide bonds. The molecule has 0 fully saturated rings. The molecule has 0 aliphatic carbocycles. The Kier molecular flexibility index (Phi) is 3.61. The van der Waals surface area contributed by atoms with Crippen LogP contribution in [-0.2, 0) is 6.18 Å². The summed E-state index contributed by atoms with van der Waals surface area (Å²) < 4.78 is 37.7. The van der Waals surface area contributed by atoms with E-state index in [4.69, 9.17) is 23.2 Å². The summed E-state index contributed by atoms with van der Waals surface area (Å²) in [5.41, 5.74) is -1.52. The van der Waals surface area contributed by atoms with Crippen molar-refractivity contribution >= 4 is 29.5 Å². The Morgan fingerprint density at radius 1 is 1.30 bits per heavy atom. The SMILES string of the molecule is O=Cc1c[n+]([O-])n(-c2c(Cl)cc(C(F)(F)F)cc2Cl)n1. The molecular formula is C10H4Cl2F3N3O2. The number of carbonyl (C=O) groups excluding carboxylic acids is 1. The van der Waals surface area contributed by atoms with E-state index in [9.17, 15) is 23.2 Å². The first-order valence-corrected chi connectivity index (χ1v) is 5.71. The van der Waals surface area contributed by atoms with Crippen LogP contribution in [0.3, 0.4) is 0 Å². The van der Waals surface area contributed by atoms with E-state index in [0.29, 0.717) is 23.2 Å². The van der Waals surface area contributed by atoms with E-state index in [1.807, 2.05) is 0 Å². The van der Waals surface area contributed by atoms with Crippen LogP contribution in [0.5, 0.6) is 0 Å². The fourth-order valence-corrected chi connectivity index (χ4v) is 2.11. The molecular weight excluding hydrogens is 322 g/mol. The second-order valence-electron chi connectivity index (χ2n) is 3.65. The lowest BCUT2D eigenvalue weighted by molar-refractivity contribution is -0.688. The maximum absolute atomic E-state index is 12.6. The van der Waals surface area contributed by atoms with Crippen molar-refractivity contribution in [2.45, 2.75) is 6.18 Å². The number of hydrogen-bond acceptors (Lipinski definition) is 3. The summed E-state index contributed by atoms with van der Waals surface area (Å²) in [7, 11) is 0. The van der Waals surface area contributed by atoms with Gasteiger partial charge in [-0.2, -0.15) is 18.0 Å². The van der Waals surface area contributed by atoms with Gasteiger partial charge in [-0.1, -0.05) is 23.2 Å². The first-order valence-electron chi connectivity index (χ1n) is 4.95. The van der Waals surface area contributed by atoms with Crippen LogP contribution in [0.4, 0.5) is 13.2 Å². The lowest BCUT2D eigenvalue weighted by Gasteiger charge is -2.11. The number of carbonyl (C=O) groups is 1. The molecule has 20 heavy (non-hydrogen) atoms. The highest BCUT2D eigenvalue weighted by molar-refractivity contribution is 6.37. The van der Waals surface area contributed by atoms with Crippen molar-refractivity contribution in [3.63, 3.8) is 0 Å². The molecule has 0 bridgehead atoms. The smallest absolute Gasteiger partial charge is 0.416 e. The summed E-state index contributed by atoms with van der Waals surface area (Å²) >= 11 is 11.4. The average molecular weight is 326 g/mol. The minimum atomic E-state index is -4.63. The molecule has 0 saturated heterocycles. The van der Waals surface area contributed by atoms with Crippen LogP contribution in [0.15, 0.2) is 18.3 Å². The van der Waals surface area contributed by atoms with Gasteiger partial charge in [-0.3, -0.25) is 4.79 Å². The summed E-state index contributed by atoms with van der Waals surface area (Å²) in [5, 5.41) is 14.2. The normalized spacial score (nSPS) is 11.7. The van der Waals surface area contributed by atoms with Gasteiger partial charge >= 0.3 is 6.18 Å². The predicted octanol–water partition coefficient (Wildman–Crippen LogP) is 2.64. The van der Waals surface area contributed by atoms with Crippen LogP contribution >= 0.6 is 23.2 Å². The fraction of sp³-hybridized carbons (Fsp3) is 0.100. The van der Waals surface area contributed by atoms with Crippen molar-refractivity contribution in [3.05, 3.63) is 44.8 Å². The average Bonchev–Trinajstić information content (AvgIpc) is 2.69. The van der Waals surface area contributed by atoms with Crippen LogP contribution in [0.2, 0.25) is 10.0 Å². The van der Waals surface area contributed by atoms with Crippen molar-refractivity contribution in [3.8, 4) is 5.69 Å². The van der Waals surface area contributed by atoms with Crippen LogP contribution in [0.1, 0.15) is 16.1 Å². The van der Waals surface area contributed by atoms with Gasteiger partial charge in [0.1, 0.15) is 0 Å². The number of halogens is 5. The van der Waals surface area contributed by atoms with E-state index in [0.717, 1.165) is 6.20 Å². The van der Waals surface area contributed by atoms with E-state index in [1.165, 1.54) is 0 Å². The van der Waals surface area contributed by atoms with Gasteiger partial charge in [-0.05, 0) is 16.9 Å². The number of benzene rings is 1. The Morgan fingerprint density at radius 3 is 2.25 bits per heavy atom. The molecule has 2 rings (SSSR count). The molecule has 2 aromatic rings. The van der Waals surface area contributed by atoms with Crippen molar-refractivity contribution in [1.29, 1.82) is 0 Å². The molecule has 106 valence electrons. The third-order valence-electron chi connectivity index (χ3n) is 2.30. The van der Waals surface area contributed by atoms with Gasteiger partial charge in [0.25, 0.3) is 5.69 Å². The zero-order valence-electron chi connectivity index (χ0n) is 9.36. The Hall–Kier alpha value is -1.80. The van der Waals surface area contributed by atoms with Crippen LogP contribution in [0, 0.1) is 5.21 Å². The van der Waals surface area contributed by atoms with Crippen molar-refractivity contribution < 1.29 is 22.8 Å². The first kappa shape index (κ1) is 14.6. The molecule has 10 heteroatoms. The molecule has 0 unspecified atom stereocenters. The number of alkyl halides is 3. The molecule has 0 N–H and O–H groups in total. The molecule has 0 aliphatic heterocycles. The Morgan fingerprint density at radius 2 is 1.85 bits per heavy atom. The second-order valence-corrected chi connectivity index (χ2v) is 4.46. The largest absolute Gasteiger partial charge is 0.692 e. The van der Waals surface area contributed by atoms with Crippen molar-refractivity contribution in [2.75, 3.05) is 0 Å². The monoisotopic (exact) mass is 325 g/mol. The Bertz CT molecular complexity index is 662. The zero-order valence-corrected chi connectivity index (χ0v) is 10.9. The fourth-order valence-electron chi connectivity index (χ4n) is 1.47. The summed E-state index contributed by atoms with van der Waals surface area (Å²) in [6.07, 6.45) is -3.49. The van der Waals surface area contributed by atoms with E-state index in [2.05, 4.69) is 5.10 Å². The maximum atomic E-state index is 12.6. The van der Waals surface area contributed by atoms with Gasteiger partial charge in [-0.15, -0.1) is 0 Å². The molecule has 0 saturated carbocycles. The minimum absolute atomic E-state index is 0.129. The highest BCUT2D eigenvalue weighted by atomic mass is 35.5. The minimum Gasteiger partial charge on any atom is -0.692 e. The van der Waals surface area contributed by atoms with Crippen LogP contribution in [0.25, 0.3) is 5.69 Å². The predicted molar refractivity (Wildman–Crippen MR) is 62.9 cm³/mol. The number of rotatable bonds is 2. The van der Waals surface area contributed by atoms with Crippen molar-refractivity contribution in [1.82, 2.24) is 9.90 Å². The van der Waals surface area contributed by atoms with Crippen molar-refractivity contribution in [2.24, 2.45) is 0 Å². The number of hydrogen-bond donors (Lipinski definition) is 0. The molecule has 5 nitrogen and oxygen atoms in total. The molecule has 0 radical (unpaired) electrons. The topological polar surface area (TPSA) is 61.8 Å². The van der Waals surface area contributed by atoms with Gasteiger partial charge in [0.05, 0.1) is 20.7 Å². The first-order chi connectivity index (χ1) is 9.24.